The number of amides is 2. The number of rotatable bonds is 3. The quantitative estimate of drug-likeness (QED) is 0.901. The summed E-state index contributed by atoms with van der Waals surface area (Å²) in [6, 6.07) is 1.74. The molecular formula is C11H13BrN2O3S. The third kappa shape index (κ3) is 3.54. The number of nitrogens with one attached hydrogen (secondary N) is 1. The van der Waals surface area contributed by atoms with E-state index < -0.39 is 0 Å². The molecule has 2 amide bonds. The van der Waals surface area contributed by atoms with Gasteiger partial charge in [-0.2, -0.15) is 0 Å². The Hall–Kier alpha value is -0.920. The fourth-order valence-corrected chi connectivity index (χ4v) is 2.75. The van der Waals surface area contributed by atoms with Gasteiger partial charge < -0.3 is 15.0 Å². The molecule has 1 fully saturated rings. The number of carbonyl (C=O) groups is 2. The van der Waals surface area contributed by atoms with Crippen LogP contribution in [0.1, 0.15) is 10.4 Å². The molecule has 98 valence electrons. The Bertz CT molecular complexity index is 443. The van der Waals surface area contributed by atoms with Gasteiger partial charge in [0.2, 0.25) is 5.91 Å². The van der Waals surface area contributed by atoms with Crippen LogP contribution in [0.2, 0.25) is 0 Å². The number of hydrogen-bond acceptors (Lipinski definition) is 4. The van der Waals surface area contributed by atoms with Crippen molar-refractivity contribution in [3.63, 3.8) is 0 Å². The van der Waals surface area contributed by atoms with Gasteiger partial charge in [0, 0.05) is 18.5 Å². The van der Waals surface area contributed by atoms with Gasteiger partial charge in [-0.3, -0.25) is 9.59 Å². The highest BCUT2D eigenvalue weighted by Crippen LogP contribution is 2.20. The Morgan fingerprint density at radius 2 is 2.17 bits per heavy atom. The van der Waals surface area contributed by atoms with Crippen LogP contribution in [0.5, 0.6) is 0 Å². The topological polar surface area (TPSA) is 58.6 Å². The van der Waals surface area contributed by atoms with Crippen molar-refractivity contribution in [2.24, 2.45) is 0 Å². The van der Waals surface area contributed by atoms with Gasteiger partial charge in [0.25, 0.3) is 5.91 Å². The van der Waals surface area contributed by atoms with Crippen molar-refractivity contribution in [3.05, 3.63) is 20.8 Å². The lowest BCUT2D eigenvalue weighted by atomic mass is 10.3. The van der Waals surface area contributed by atoms with Crippen molar-refractivity contribution in [1.29, 1.82) is 0 Å². The van der Waals surface area contributed by atoms with E-state index in [-0.39, 0.29) is 18.4 Å². The van der Waals surface area contributed by atoms with Crippen molar-refractivity contribution in [2.45, 2.75) is 0 Å². The average Bonchev–Trinajstić information content (AvgIpc) is 2.83. The van der Waals surface area contributed by atoms with Crippen molar-refractivity contribution in [1.82, 2.24) is 10.2 Å². The molecule has 0 aliphatic carbocycles. The van der Waals surface area contributed by atoms with Gasteiger partial charge in [0.1, 0.15) is 0 Å². The minimum Gasteiger partial charge on any atom is -0.378 e. The van der Waals surface area contributed by atoms with E-state index in [0.29, 0.717) is 31.9 Å². The minimum atomic E-state index is -0.224. The molecule has 1 aliphatic rings. The molecule has 1 aromatic heterocycles. The van der Waals surface area contributed by atoms with Gasteiger partial charge in [-0.15, -0.1) is 11.3 Å². The van der Waals surface area contributed by atoms with Gasteiger partial charge in [-0.25, -0.2) is 0 Å². The SMILES string of the molecule is O=C(NCC(=O)N1CCOCC1)c1csc(Br)c1. The van der Waals surface area contributed by atoms with Crippen LogP contribution in [0.3, 0.4) is 0 Å². The Morgan fingerprint density at radius 1 is 1.44 bits per heavy atom. The fraction of sp³-hybridized carbons (Fsp3) is 0.455. The first-order valence-electron chi connectivity index (χ1n) is 5.54. The molecule has 0 atom stereocenters. The number of hydrogen-bond donors (Lipinski definition) is 1. The van der Waals surface area contributed by atoms with E-state index in [9.17, 15) is 9.59 Å². The molecule has 2 heterocycles. The molecule has 0 spiro atoms. The van der Waals surface area contributed by atoms with Crippen LogP contribution in [0.15, 0.2) is 15.2 Å². The van der Waals surface area contributed by atoms with Crippen LogP contribution in [0.25, 0.3) is 0 Å². The second-order valence-electron chi connectivity index (χ2n) is 3.82. The molecule has 7 heteroatoms. The lowest BCUT2D eigenvalue weighted by molar-refractivity contribution is -0.134. The molecule has 5 nitrogen and oxygen atoms in total. The summed E-state index contributed by atoms with van der Waals surface area (Å²) in [6.07, 6.45) is 0. The molecule has 0 aromatic carbocycles. The van der Waals surface area contributed by atoms with E-state index in [2.05, 4.69) is 21.2 Å². The van der Waals surface area contributed by atoms with Crippen LogP contribution >= 0.6 is 27.3 Å². The van der Waals surface area contributed by atoms with Crippen LogP contribution in [-0.2, 0) is 9.53 Å². The highest BCUT2D eigenvalue weighted by Gasteiger charge is 2.17. The summed E-state index contributed by atoms with van der Waals surface area (Å²) in [5.74, 6) is -0.292. The van der Waals surface area contributed by atoms with Crippen molar-refractivity contribution in [3.8, 4) is 0 Å². The second-order valence-corrected chi connectivity index (χ2v) is 6.11. The third-order valence-electron chi connectivity index (χ3n) is 2.59. The maximum atomic E-state index is 11.8. The first kappa shape index (κ1) is 13.5. The molecule has 1 aromatic rings. The number of halogens is 1. The fourth-order valence-electron chi connectivity index (χ4n) is 1.61. The molecule has 0 radical (unpaired) electrons. The Balaban J connectivity index is 1.80. The average molecular weight is 333 g/mol. The third-order valence-corrected chi connectivity index (χ3v) is 4.10. The van der Waals surface area contributed by atoms with E-state index in [1.165, 1.54) is 11.3 Å². The predicted octanol–water partition coefficient (Wildman–Crippen LogP) is 1.10. The highest BCUT2D eigenvalue weighted by molar-refractivity contribution is 9.11. The summed E-state index contributed by atoms with van der Waals surface area (Å²) in [7, 11) is 0. The maximum absolute atomic E-state index is 11.8. The predicted molar refractivity (Wildman–Crippen MR) is 71.8 cm³/mol. The zero-order chi connectivity index (χ0) is 13.0. The van der Waals surface area contributed by atoms with E-state index in [0.717, 1.165) is 3.79 Å². The summed E-state index contributed by atoms with van der Waals surface area (Å²) < 4.78 is 6.06. The smallest absolute Gasteiger partial charge is 0.252 e. The van der Waals surface area contributed by atoms with Crippen LogP contribution in [-0.4, -0.2) is 49.6 Å². The number of ether oxygens (including phenoxy) is 1. The molecule has 1 aliphatic heterocycles. The lowest BCUT2D eigenvalue weighted by Crippen LogP contribution is -2.45. The number of carbonyl (C=O) groups excluding carboxylic acids is 2. The molecule has 1 N–H and O–H groups in total. The Morgan fingerprint density at radius 3 is 2.78 bits per heavy atom. The molecular weight excluding hydrogens is 320 g/mol. The largest absolute Gasteiger partial charge is 0.378 e. The molecule has 1 saturated heterocycles. The summed E-state index contributed by atoms with van der Waals surface area (Å²) in [5.41, 5.74) is 0.571. The van der Waals surface area contributed by atoms with E-state index in [1.54, 1.807) is 16.3 Å². The monoisotopic (exact) mass is 332 g/mol. The first-order valence-corrected chi connectivity index (χ1v) is 7.22. The lowest BCUT2D eigenvalue weighted by Gasteiger charge is -2.26. The summed E-state index contributed by atoms with van der Waals surface area (Å²) >= 11 is 4.73. The zero-order valence-electron chi connectivity index (χ0n) is 9.65. The molecule has 0 saturated carbocycles. The van der Waals surface area contributed by atoms with E-state index in [1.807, 2.05) is 0 Å². The van der Waals surface area contributed by atoms with Gasteiger partial charge in [0.15, 0.2) is 0 Å². The van der Waals surface area contributed by atoms with E-state index in [4.69, 9.17) is 4.74 Å². The van der Waals surface area contributed by atoms with Crippen LogP contribution in [0, 0.1) is 0 Å². The number of morpholine rings is 1. The minimum absolute atomic E-state index is 0.0340. The molecule has 2 rings (SSSR count). The highest BCUT2D eigenvalue weighted by atomic mass is 79.9. The molecule has 0 bridgehead atoms. The Labute approximate surface area is 117 Å². The van der Waals surface area contributed by atoms with Crippen molar-refractivity contribution < 1.29 is 14.3 Å². The second kappa shape index (κ2) is 6.31. The van der Waals surface area contributed by atoms with Crippen molar-refractivity contribution >= 4 is 39.1 Å². The Kier molecular flexibility index (Phi) is 4.73. The summed E-state index contributed by atoms with van der Waals surface area (Å²) in [6.45, 7) is 2.36. The van der Waals surface area contributed by atoms with Gasteiger partial charge in [-0.05, 0) is 22.0 Å². The van der Waals surface area contributed by atoms with Crippen LogP contribution < -0.4 is 5.32 Å². The summed E-state index contributed by atoms with van der Waals surface area (Å²) in [5, 5.41) is 4.37. The van der Waals surface area contributed by atoms with Crippen LogP contribution in [0.4, 0.5) is 0 Å². The molecule has 0 unspecified atom stereocenters. The number of nitrogens with zero attached hydrogens (tertiary/aromatic N) is 1. The van der Waals surface area contributed by atoms with Gasteiger partial charge in [-0.1, -0.05) is 0 Å². The van der Waals surface area contributed by atoms with Gasteiger partial charge in [0.05, 0.1) is 29.1 Å². The van der Waals surface area contributed by atoms with Gasteiger partial charge >= 0.3 is 0 Å². The first-order chi connectivity index (χ1) is 8.66. The summed E-state index contributed by atoms with van der Waals surface area (Å²) in [4.78, 5) is 25.2. The standard InChI is InChI=1S/C11H13BrN2O3S/c12-9-5-8(7-18-9)11(16)13-6-10(15)14-1-3-17-4-2-14/h5,7H,1-4,6H2,(H,13,16). The normalized spacial score (nSPS) is 15.5. The van der Waals surface area contributed by atoms with Crippen molar-refractivity contribution in [2.75, 3.05) is 32.8 Å². The zero-order valence-corrected chi connectivity index (χ0v) is 12.1. The number of thiophene rings is 1. The maximum Gasteiger partial charge on any atom is 0.252 e. The van der Waals surface area contributed by atoms with E-state index >= 15 is 0 Å². The molecule has 18 heavy (non-hydrogen) atoms.